The number of rotatable bonds is 7. The monoisotopic (exact) mass is 442 g/mol. The molecule has 4 rings (SSSR count). The molecule has 0 N–H and O–H groups in total. The molecule has 0 saturated heterocycles. The first-order valence-corrected chi connectivity index (χ1v) is 14.1. The topological polar surface area (TPSA) is 26.3 Å². The van der Waals surface area contributed by atoms with Gasteiger partial charge in [-0.25, -0.2) is 0 Å². The number of hydrogen-bond acceptors (Lipinski definition) is 2. The molecule has 0 heterocycles. The molecule has 4 aliphatic carbocycles. The van der Waals surface area contributed by atoms with E-state index in [0.29, 0.717) is 17.3 Å². The van der Waals surface area contributed by atoms with Crippen LogP contribution in [0.1, 0.15) is 119 Å². The molecular weight excluding hydrogens is 392 g/mol. The Bertz CT molecular complexity index is 708. The Hall–Kier alpha value is -0.790. The quantitative estimate of drug-likeness (QED) is 0.292. The van der Waals surface area contributed by atoms with E-state index >= 15 is 0 Å². The van der Waals surface area contributed by atoms with Gasteiger partial charge in [-0.1, -0.05) is 72.5 Å². The molecule has 7 unspecified atom stereocenters. The molecule has 3 saturated carbocycles. The molecule has 32 heavy (non-hydrogen) atoms. The van der Waals surface area contributed by atoms with Crippen LogP contribution in [-0.4, -0.2) is 12.1 Å². The summed E-state index contributed by atoms with van der Waals surface area (Å²) < 4.78 is 5.76. The maximum Gasteiger partial charge on any atom is 0.305 e. The zero-order valence-electron chi connectivity index (χ0n) is 21.9. The Morgan fingerprint density at radius 2 is 1.84 bits per heavy atom. The van der Waals surface area contributed by atoms with E-state index in [9.17, 15) is 4.79 Å². The van der Waals surface area contributed by atoms with Gasteiger partial charge in [-0.15, -0.1) is 0 Å². The molecule has 0 radical (unpaired) electrons. The van der Waals surface area contributed by atoms with Gasteiger partial charge >= 0.3 is 5.97 Å². The van der Waals surface area contributed by atoms with Crippen molar-refractivity contribution in [3.05, 3.63) is 11.6 Å². The Morgan fingerprint density at radius 1 is 1.06 bits per heavy atom. The summed E-state index contributed by atoms with van der Waals surface area (Å²) in [6.07, 6.45) is 17.8. The van der Waals surface area contributed by atoms with Crippen molar-refractivity contribution in [2.45, 2.75) is 125 Å². The van der Waals surface area contributed by atoms with Crippen molar-refractivity contribution >= 4 is 5.97 Å². The van der Waals surface area contributed by atoms with E-state index < -0.39 is 0 Å². The third-order valence-electron chi connectivity index (χ3n) is 10.8. The minimum atomic E-state index is -0.0270. The average Bonchev–Trinajstić information content (AvgIpc) is 3.11. The number of fused-ring (bicyclic) bond motifs is 5. The van der Waals surface area contributed by atoms with Crippen LogP contribution in [0, 0.1) is 46.3 Å². The minimum absolute atomic E-state index is 0.0270. The first kappa shape index (κ1) is 24.3. The lowest BCUT2D eigenvalue weighted by Crippen LogP contribution is -2.51. The van der Waals surface area contributed by atoms with Crippen molar-refractivity contribution in [2.24, 2.45) is 46.3 Å². The molecule has 182 valence electrons. The second-order valence-electron chi connectivity index (χ2n) is 13.0. The van der Waals surface area contributed by atoms with Crippen LogP contribution >= 0.6 is 0 Å². The van der Waals surface area contributed by atoms with E-state index in [2.05, 4.69) is 40.7 Å². The van der Waals surface area contributed by atoms with Crippen molar-refractivity contribution < 1.29 is 9.53 Å². The first-order chi connectivity index (χ1) is 15.2. The normalized spacial score (nSPS) is 42.0. The standard InChI is InChI=1S/C30H50O2/c1-7-28(31)32-23-15-17-29(5)22(19-23)11-12-24-26-14-13-25(21(4)10-8-9-20(2)3)30(26,6)18-16-27(24)29/h11,20-21,23-27H,7-10,12-19H2,1-6H3/t21-,23?,24?,25?,26?,27?,29?,30?/m1/s1. The highest BCUT2D eigenvalue weighted by Gasteiger charge is 2.59. The summed E-state index contributed by atoms with van der Waals surface area (Å²) >= 11 is 0. The third kappa shape index (κ3) is 4.34. The van der Waals surface area contributed by atoms with Gasteiger partial charge in [-0.2, -0.15) is 0 Å². The highest BCUT2D eigenvalue weighted by atomic mass is 16.5. The fourth-order valence-electron chi connectivity index (χ4n) is 9.02. The molecule has 0 aliphatic heterocycles. The molecule has 2 nitrogen and oxygen atoms in total. The van der Waals surface area contributed by atoms with Crippen molar-refractivity contribution in [3.63, 3.8) is 0 Å². The second-order valence-corrected chi connectivity index (χ2v) is 13.0. The van der Waals surface area contributed by atoms with Gasteiger partial charge in [0, 0.05) is 12.8 Å². The Morgan fingerprint density at radius 3 is 2.56 bits per heavy atom. The van der Waals surface area contributed by atoms with Crippen molar-refractivity contribution in [3.8, 4) is 0 Å². The van der Waals surface area contributed by atoms with Crippen LogP contribution in [-0.2, 0) is 9.53 Å². The molecule has 2 heteroatoms. The third-order valence-corrected chi connectivity index (χ3v) is 10.8. The molecule has 0 aromatic rings. The van der Waals surface area contributed by atoms with E-state index in [-0.39, 0.29) is 12.1 Å². The predicted octanol–water partition coefficient (Wildman–Crippen LogP) is 8.35. The van der Waals surface area contributed by atoms with Crippen LogP contribution < -0.4 is 0 Å². The molecule has 0 aromatic carbocycles. The van der Waals surface area contributed by atoms with Crippen molar-refractivity contribution in [2.75, 3.05) is 0 Å². The summed E-state index contributed by atoms with van der Waals surface area (Å²) in [4.78, 5) is 11.9. The summed E-state index contributed by atoms with van der Waals surface area (Å²) in [5.41, 5.74) is 2.54. The predicted molar refractivity (Wildman–Crippen MR) is 133 cm³/mol. The van der Waals surface area contributed by atoms with Crippen LogP contribution in [0.15, 0.2) is 11.6 Å². The number of ether oxygens (including phenoxy) is 1. The lowest BCUT2D eigenvalue weighted by molar-refractivity contribution is -0.151. The smallest absolute Gasteiger partial charge is 0.305 e. The van der Waals surface area contributed by atoms with Crippen LogP contribution in [0.5, 0.6) is 0 Å². The second kappa shape index (κ2) is 9.46. The van der Waals surface area contributed by atoms with Crippen LogP contribution in [0.4, 0.5) is 0 Å². The maximum absolute atomic E-state index is 11.9. The van der Waals surface area contributed by atoms with E-state index in [1.165, 1.54) is 57.8 Å². The summed E-state index contributed by atoms with van der Waals surface area (Å²) in [6.45, 7) is 14.5. The van der Waals surface area contributed by atoms with E-state index in [4.69, 9.17) is 4.74 Å². The first-order valence-electron chi connectivity index (χ1n) is 14.1. The molecule has 0 amide bonds. The maximum atomic E-state index is 11.9. The Kier molecular flexibility index (Phi) is 7.19. The molecule has 0 spiro atoms. The summed E-state index contributed by atoms with van der Waals surface area (Å²) in [6, 6.07) is 0. The SMILES string of the molecule is CCC(=O)OC1CCC2(C)C(=CCC3C2CCC2(C)C3CCC2[C@H](C)CCCC(C)C)C1. The molecule has 4 aliphatic rings. The highest BCUT2D eigenvalue weighted by molar-refractivity contribution is 5.69. The summed E-state index contributed by atoms with van der Waals surface area (Å²) in [7, 11) is 0. The van der Waals surface area contributed by atoms with Crippen molar-refractivity contribution in [1.82, 2.24) is 0 Å². The van der Waals surface area contributed by atoms with Crippen molar-refractivity contribution in [1.29, 1.82) is 0 Å². The van der Waals surface area contributed by atoms with Crippen LogP contribution in [0.25, 0.3) is 0 Å². The van der Waals surface area contributed by atoms with Crippen LogP contribution in [0.2, 0.25) is 0 Å². The van der Waals surface area contributed by atoms with Gasteiger partial charge in [-0.05, 0) is 91.3 Å². The van der Waals surface area contributed by atoms with Gasteiger partial charge in [-0.3, -0.25) is 4.79 Å². The molecule has 0 aromatic heterocycles. The number of allylic oxidation sites excluding steroid dienone is 1. The number of esters is 1. The fraction of sp³-hybridized carbons (Fsp3) is 0.900. The summed E-state index contributed by atoms with van der Waals surface area (Å²) in [5.74, 6) is 5.28. The van der Waals surface area contributed by atoms with Gasteiger partial charge in [0.2, 0.25) is 0 Å². The molecular formula is C30H50O2. The largest absolute Gasteiger partial charge is 0.462 e. The molecule has 3 fully saturated rings. The van der Waals surface area contributed by atoms with Crippen LogP contribution in [0.3, 0.4) is 0 Å². The van der Waals surface area contributed by atoms with Gasteiger partial charge in [0.25, 0.3) is 0 Å². The Labute approximate surface area is 198 Å². The average molecular weight is 443 g/mol. The van der Waals surface area contributed by atoms with Gasteiger partial charge in [0.15, 0.2) is 0 Å². The summed E-state index contributed by atoms with van der Waals surface area (Å²) in [5, 5.41) is 0. The van der Waals surface area contributed by atoms with E-state index in [1.54, 1.807) is 5.57 Å². The van der Waals surface area contributed by atoms with E-state index in [1.807, 2.05) is 6.92 Å². The zero-order valence-corrected chi connectivity index (χ0v) is 21.9. The Balaban J connectivity index is 1.45. The molecule has 8 atom stereocenters. The molecule has 0 bridgehead atoms. The number of carbonyl (C=O) groups excluding carboxylic acids is 1. The van der Waals surface area contributed by atoms with Gasteiger partial charge in [0.05, 0.1) is 0 Å². The number of carbonyl (C=O) groups is 1. The fourth-order valence-corrected chi connectivity index (χ4v) is 9.02. The van der Waals surface area contributed by atoms with Gasteiger partial charge in [0.1, 0.15) is 6.10 Å². The van der Waals surface area contributed by atoms with Gasteiger partial charge < -0.3 is 4.74 Å². The lowest BCUT2D eigenvalue weighted by atomic mass is 9.47. The van der Waals surface area contributed by atoms with E-state index in [0.717, 1.165) is 48.3 Å². The minimum Gasteiger partial charge on any atom is -0.462 e. The highest BCUT2D eigenvalue weighted by Crippen LogP contribution is 2.67. The number of hydrogen-bond donors (Lipinski definition) is 0. The zero-order chi connectivity index (χ0) is 23.1. The lowest BCUT2D eigenvalue weighted by Gasteiger charge is -2.58.